The highest BCUT2D eigenvalue weighted by atomic mass is 19.4. The van der Waals surface area contributed by atoms with Gasteiger partial charge in [0, 0.05) is 5.69 Å². The van der Waals surface area contributed by atoms with E-state index in [1.54, 1.807) is 24.3 Å². The summed E-state index contributed by atoms with van der Waals surface area (Å²) in [5.41, 5.74) is 5.88. The van der Waals surface area contributed by atoms with E-state index in [4.69, 9.17) is 10.5 Å². The highest BCUT2D eigenvalue weighted by Gasteiger charge is 2.33. The Balaban J connectivity index is 1.84. The Morgan fingerprint density at radius 2 is 1.61 bits per heavy atom. The number of rotatable bonds is 6. The van der Waals surface area contributed by atoms with Gasteiger partial charge >= 0.3 is 6.18 Å². The highest BCUT2D eigenvalue weighted by Crippen LogP contribution is 2.37. The van der Waals surface area contributed by atoms with Crippen LogP contribution in [0.4, 0.5) is 41.9 Å². The number of nitrogens with two attached hydrogens (primary N) is 1. The molecule has 4 N–H and O–H groups in total. The van der Waals surface area contributed by atoms with E-state index in [1.165, 1.54) is 24.5 Å². The lowest BCUT2D eigenvalue weighted by molar-refractivity contribution is -0.136. The number of benzene rings is 2. The van der Waals surface area contributed by atoms with Crippen LogP contribution in [-0.4, -0.2) is 16.6 Å². The summed E-state index contributed by atoms with van der Waals surface area (Å²) in [5.74, 6) is 1.06. The molecule has 0 saturated carbocycles. The zero-order valence-electron chi connectivity index (χ0n) is 14.9. The number of nitrogens with zero attached hydrogens (tertiary/aromatic N) is 2. The molecule has 28 heavy (non-hydrogen) atoms. The SMILES string of the molecule is CCOc1ccc(Nc2ncnc(Nc3ccccc3C(F)(F)F)c2N)cc1. The zero-order chi connectivity index (χ0) is 20.1. The number of nitrogen functional groups attached to an aromatic ring is 1. The van der Waals surface area contributed by atoms with E-state index in [9.17, 15) is 13.2 Å². The second kappa shape index (κ2) is 8.03. The van der Waals surface area contributed by atoms with Crippen LogP contribution in [0.5, 0.6) is 5.75 Å². The summed E-state index contributed by atoms with van der Waals surface area (Å²) in [4.78, 5) is 8.03. The molecule has 0 amide bonds. The van der Waals surface area contributed by atoms with Gasteiger partial charge in [0.05, 0.1) is 17.9 Å². The molecule has 0 unspecified atom stereocenters. The third kappa shape index (κ3) is 4.43. The number of alkyl halides is 3. The summed E-state index contributed by atoms with van der Waals surface area (Å²) in [6.07, 6.45) is -3.29. The van der Waals surface area contributed by atoms with Crippen molar-refractivity contribution in [2.24, 2.45) is 0 Å². The van der Waals surface area contributed by atoms with Crippen molar-refractivity contribution >= 4 is 28.7 Å². The summed E-state index contributed by atoms with van der Waals surface area (Å²) in [6.45, 7) is 2.44. The smallest absolute Gasteiger partial charge is 0.418 e. The minimum Gasteiger partial charge on any atom is -0.494 e. The molecule has 146 valence electrons. The maximum absolute atomic E-state index is 13.2. The minimum absolute atomic E-state index is 0.0696. The number of aromatic nitrogens is 2. The van der Waals surface area contributed by atoms with Gasteiger partial charge in [-0.1, -0.05) is 12.1 Å². The molecule has 3 aromatic rings. The highest BCUT2D eigenvalue weighted by molar-refractivity contribution is 5.80. The fourth-order valence-corrected chi connectivity index (χ4v) is 2.50. The third-order valence-electron chi connectivity index (χ3n) is 3.80. The van der Waals surface area contributed by atoms with E-state index in [0.29, 0.717) is 12.3 Å². The number of nitrogens with one attached hydrogen (secondary N) is 2. The number of hydrogen-bond donors (Lipinski definition) is 3. The molecule has 2 aromatic carbocycles. The molecular formula is C19H18F3N5O. The van der Waals surface area contributed by atoms with Crippen LogP contribution in [0.3, 0.4) is 0 Å². The van der Waals surface area contributed by atoms with Crippen molar-refractivity contribution < 1.29 is 17.9 Å². The lowest BCUT2D eigenvalue weighted by atomic mass is 10.1. The quantitative estimate of drug-likeness (QED) is 0.552. The molecule has 0 bridgehead atoms. The predicted octanol–water partition coefficient (Wildman–Crippen LogP) is 4.96. The number of anilines is 5. The van der Waals surface area contributed by atoms with Gasteiger partial charge in [0.2, 0.25) is 0 Å². The van der Waals surface area contributed by atoms with Crippen LogP contribution < -0.4 is 21.1 Å². The summed E-state index contributed by atoms with van der Waals surface area (Å²) >= 11 is 0. The summed E-state index contributed by atoms with van der Waals surface area (Å²) in [6, 6.07) is 12.2. The zero-order valence-corrected chi connectivity index (χ0v) is 14.9. The van der Waals surface area contributed by atoms with Gasteiger partial charge in [0.1, 0.15) is 17.8 Å². The number of para-hydroxylation sites is 1. The van der Waals surface area contributed by atoms with Gasteiger partial charge in [0.25, 0.3) is 0 Å². The molecule has 1 aromatic heterocycles. The Hall–Kier alpha value is -3.49. The Kier molecular flexibility index (Phi) is 5.53. The minimum atomic E-state index is -4.51. The topological polar surface area (TPSA) is 85.1 Å². The normalized spacial score (nSPS) is 11.1. The first-order chi connectivity index (χ1) is 13.4. The number of hydrogen-bond acceptors (Lipinski definition) is 6. The Bertz CT molecular complexity index is 945. The van der Waals surface area contributed by atoms with E-state index in [1.807, 2.05) is 6.92 Å². The van der Waals surface area contributed by atoms with Crippen LogP contribution >= 0.6 is 0 Å². The van der Waals surface area contributed by atoms with Crippen LogP contribution in [0.25, 0.3) is 0 Å². The molecule has 0 radical (unpaired) electrons. The summed E-state index contributed by atoms with van der Waals surface area (Å²) < 4.78 is 44.9. The summed E-state index contributed by atoms with van der Waals surface area (Å²) in [7, 11) is 0. The molecule has 0 aliphatic heterocycles. The van der Waals surface area contributed by atoms with Gasteiger partial charge in [-0.05, 0) is 43.3 Å². The lowest BCUT2D eigenvalue weighted by Gasteiger charge is -2.16. The molecule has 6 nitrogen and oxygen atoms in total. The van der Waals surface area contributed by atoms with Crippen molar-refractivity contribution in [3.05, 3.63) is 60.4 Å². The van der Waals surface area contributed by atoms with Gasteiger partial charge in [-0.3, -0.25) is 0 Å². The van der Waals surface area contributed by atoms with Gasteiger partial charge < -0.3 is 21.1 Å². The molecule has 0 saturated heterocycles. The van der Waals surface area contributed by atoms with Crippen molar-refractivity contribution in [3.8, 4) is 5.75 Å². The largest absolute Gasteiger partial charge is 0.494 e. The van der Waals surface area contributed by atoms with Crippen molar-refractivity contribution in [1.29, 1.82) is 0 Å². The second-order valence-electron chi connectivity index (χ2n) is 5.74. The molecule has 0 spiro atoms. The molecule has 0 aliphatic rings. The molecular weight excluding hydrogens is 371 g/mol. The number of halogens is 3. The molecule has 0 aliphatic carbocycles. The fraction of sp³-hybridized carbons (Fsp3) is 0.158. The molecule has 3 rings (SSSR count). The Labute approximate surface area is 159 Å². The average Bonchev–Trinajstić information content (AvgIpc) is 2.66. The van der Waals surface area contributed by atoms with Crippen molar-refractivity contribution in [2.45, 2.75) is 13.1 Å². The van der Waals surface area contributed by atoms with Crippen molar-refractivity contribution in [1.82, 2.24) is 9.97 Å². The predicted molar refractivity (Wildman–Crippen MR) is 102 cm³/mol. The van der Waals surface area contributed by atoms with Crippen LogP contribution in [0.2, 0.25) is 0 Å². The van der Waals surface area contributed by atoms with Crippen LogP contribution in [0, 0.1) is 0 Å². The molecule has 1 heterocycles. The lowest BCUT2D eigenvalue weighted by Crippen LogP contribution is -2.10. The van der Waals surface area contributed by atoms with Gasteiger partial charge in [-0.2, -0.15) is 13.2 Å². The molecule has 9 heteroatoms. The van der Waals surface area contributed by atoms with Gasteiger partial charge in [-0.25, -0.2) is 9.97 Å². The molecule has 0 fully saturated rings. The van der Waals surface area contributed by atoms with E-state index < -0.39 is 11.7 Å². The third-order valence-corrected chi connectivity index (χ3v) is 3.80. The van der Waals surface area contributed by atoms with Crippen LogP contribution in [-0.2, 0) is 6.18 Å². The van der Waals surface area contributed by atoms with Crippen LogP contribution in [0.15, 0.2) is 54.9 Å². The van der Waals surface area contributed by atoms with Crippen molar-refractivity contribution in [3.63, 3.8) is 0 Å². The monoisotopic (exact) mass is 389 g/mol. The van der Waals surface area contributed by atoms with E-state index in [0.717, 1.165) is 11.8 Å². The summed E-state index contributed by atoms with van der Waals surface area (Å²) in [5, 5.41) is 5.66. The number of ether oxygens (including phenoxy) is 1. The first-order valence-corrected chi connectivity index (χ1v) is 8.42. The van der Waals surface area contributed by atoms with Crippen molar-refractivity contribution in [2.75, 3.05) is 23.0 Å². The van der Waals surface area contributed by atoms with E-state index in [2.05, 4.69) is 20.6 Å². The van der Waals surface area contributed by atoms with E-state index >= 15 is 0 Å². The van der Waals surface area contributed by atoms with E-state index in [-0.39, 0.29) is 23.0 Å². The van der Waals surface area contributed by atoms with Gasteiger partial charge in [0.15, 0.2) is 11.6 Å². The maximum atomic E-state index is 13.2. The maximum Gasteiger partial charge on any atom is 0.418 e. The molecule has 0 atom stereocenters. The Morgan fingerprint density at radius 1 is 0.964 bits per heavy atom. The standard InChI is InChI=1S/C19H18F3N5O/c1-2-28-13-9-7-12(8-10-13)26-17-16(23)18(25-11-24-17)27-15-6-4-3-5-14(15)19(20,21)22/h3-11H,2,23H2,1H3,(H2,24,25,26,27). The first kappa shape index (κ1) is 19.3. The van der Waals surface area contributed by atoms with Crippen LogP contribution in [0.1, 0.15) is 12.5 Å². The fourth-order valence-electron chi connectivity index (χ4n) is 2.50. The first-order valence-electron chi connectivity index (χ1n) is 8.42. The second-order valence-corrected chi connectivity index (χ2v) is 5.74. The van der Waals surface area contributed by atoms with Gasteiger partial charge in [-0.15, -0.1) is 0 Å². The average molecular weight is 389 g/mol. The Morgan fingerprint density at radius 3 is 2.25 bits per heavy atom.